The number of carbonyl (C=O) groups is 1. The molecule has 2 aliphatic carbocycles. The van der Waals surface area contributed by atoms with E-state index >= 15 is 0 Å². The highest BCUT2D eigenvalue weighted by Gasteiger charge is 2.60. The van der Waals surface area contributed by atoms with Gasteiger partial charge in [0, 0.05) is 0 Å². The van der Waals surface area contributed by atoms with Crippen LogP contribution in [0.15, 0.2) is 29.5 Å². The van der Waals surface area contributed by atoms with Gasteiger partial charge in [-0.1, -0.05) is 24.2 Å². The Bertz CT molecular complexity index is 441. The first-order valence-electron chi connectivity index (χ1n) is 7.33. The van der Waals surface area contributed by atoms with Crippen LogP contribution in [0.3, 0.4) is 0 Å². The molecule has 3 unspecified atom stereocenters. The van der Waals surface area contributed by atoms with Crippen LogP contribution in [0.5, 0.6) is 0 Å². The molecule has 2 saturated carbocycles. The van der Waals surface area contributed by atoms with Gasteiger partial charge in [0.2, 0.25) is 0 Å². The summed E-state index contributed by atoms with van der Waals surface area (Å²) in [5.74, 6) is 0.454. The van der Waals surface area contributed by atoms with Crippen LogP contribution in [0.1, 0.15) is 39.0 Å². The number of esters is 1. The van der Waals surface area contributed by atoms with Crippen molar-refractivity contribution < 1.29 is 14.7 Å². The van der Waals surface area contributed by atoms with Gasteiger partial charge in [0.05, 0.1) is 18.7 Å². The standard InChI is InChI=1S/C16H23NO3/c1-3-12(7-9-17-19)13-6-5-8-16(10-13)11-14(16)15(18)20-4-2/h3,7,9,13-14,19H,1,4-6,8,10-11H2,2H3/b12-7+,17-9+. The van der Waals surface area contributed by atoms with Crippen molar-refractivity contribution in [3.8, 4) is 0 Å². The zero-order chi connectivity index (χ0) is 14.6. The van der Waals surface area contributed by atoms with E-state index in [4.69, 9.17) is 9.94 Å². The lowest BCUT2D eigenvalue weighted by atomic mass is 9.74. The Morgan fingerprint density at radius 3 is 3.00 bits per heavy atom. The molecule has 0 aromatic heterocycles. The summed E-state index contributed by atoms with van der Waals surface area (Å²) in [6, 6.07) is 0. The number of carbonyl (C=O) groups excluding carboxylic acids is 1. The normalized spacial score (nSPS) is 33.4. The van der Waals surface area contributed by atoms with Crippen LogP contribution in [0, 0.1) is 17.3 Å². The molecule has 0 radical (unpaired) electrons. The number of hydrogen-bond acceptors (Lipinski definition) is 4. The topological polar surface area (TPSA) is 58.9 Å². The minimum absolute atomic E-state index is 0.0331. The fourth-order valence-corrected chi connectivity index (χ4v) is 3.60. The minimum Gasteiger partial charge on any atom is -0.466 e. The van der Waals surface area contributed by atoms with Crippen molar-refractivity contribution in [1.82, 2.24) is 0 Å². The highest BCUT2D eigenvalue weighted by atomic mass is 16.5. The molecule has 4 heteroatoms. The molecule has 20 heavy (non-hydrogen) atoms. The van der Waals surface area contributed by atoms with Gasteiger partial charge in [-0.15, -0.1) is 0 Å². The summed E-state index contributed by atoms with van der Waals surface area (Å²) in [5.41, 5.74) is 1.24. The number of oxime groups is 1. The number of rotatable bonds is 5. The molecule has 1 spiro atoms. The minimum atomic E-state index is -0.0331. The molecule has 0 amide bonds. The molecule has 0 saturated heterocycles. The van der Waals surface area contributed by atoms with Crippen molar-refractivity contribution in [1.29, 1.82) is 0 Å². The van der Waals surface area contributed by atoms with E-state index in [1.54, 1.807) is 6.08 Å². The van der Waals surface area contributed by atoms with E-state index in [0.29, 0.717) is 12.5 Å². The molecule has 4 nitrogen and oxygen atoms in total. The number of allylic oxidation sites excluding steroid dienone is 3. The molecule has 0 bridgehead atoms. The smallest absolute Gasteiger partial charge is 0.309 e. The van der Waals surface area contributed by atoms with Crippen molar-refractivity contribution in [3.63, 3.8) is 0 Å². The Balaban J connectivity index is 2.03. The monoisotopic (exact) mass is 277 g/mol. The second kappa shape index (κ2) is 6.25. The van der Waals surface area contributed by atoms with Gasteiger partial charge in [-0.3, -0.25) is 4.79 Å². The quantitative estimate of drug-likeness (QED) is 0.276. The van der Waals surface area contributed by atoms with Gasteiger partial charge in [0.25, 0.3) is 0 Å². The lowest BCUT2D eigenvalue weighted by Crippen LogP contribution is -2.22. The first kappa shape index (κ1) is 14.8. The fraction of sp³-hybridized carbons (Fsp3) is 0.625. The number of hydrogen-bond donors (Lipinski definition) is 1. The average Bonchev–Trinajstić information content (AvgIpc) is 3.13. The fourth-order valence-electron chi connectivity index (χ4n) is 3.60. The van der Waals surface area contributed by atoms with Crippen LogP contribution in [0.25, 0.3) is 0 Å². The summed E-state index contributed by atoms with van der Waals surface area (Å²) < 4.78 is 5.15. The van der Waals surface area contributed by atoms with Gasteiger partial charge in [0.15, 0.2) is 0 Å². The van der Waals surface area contributed by atoms with Crippen LogP contribution in [0.2, 0.25) is 0 Å². The van der Waals surface area contributed by atoms with Crippen LogP contribution < -0.4 is 0 Å². The molecule has 0 aromatic rings. The van der Waals surface area contributed by atoms with E-state index < -0.39 is 0 Å². The van der Waals surface area contributed by atoms with Crippen LogP contribution in [-0.2, 0) is 9.53 Å². The van der Waals surface area contributed by atoms with Gasteiger partial charge in [0.1, 0.15) is 0 Å². The number of nitrogens with zero attached hydrogens (tertiary/aromatic N) is 1. The third-order valence-corrected chi connectivity index (χ3v) is 4.68. The first-order chi connectivity index (χ1) is 9.66. The van der Waals surface area contributed by atoms with Gasteiger partial charge in [-0.25, -0.2) is 0 Å². The molecule has 2 fully saturated rings. The highest BCUT2D eigenvalue weighted by Crippen LogP contribution is 2.63. The molecule has 3 atom stereocenters. The van der Waals surface area contributed by atoms with E-state index in [9.17, 15) is 4.79 Å². The third-order valence-electron chi connectivity index (χ3n) is 4.68. The lowest BCUT2D eigenvalue weighted by Gasteiger charge is -2.30. The van der Waals surface area contributed by atoms with Gasteiger partial charge < -0.3 is 9.94 Å². The van der Waals surface area contributed by atoms with E-state index in [0.717, 1.165) is 37.7 Å². The molecule has 1 N–H and O–H groups in total. The molecule has 0 aliphatic heterocycles. The zero-order valence-electron chi connectivity index (χ0n) is 12.0. The van der Waals surface area contributed by atoms with Gasteiger partial charge in [-0.2, -0.15) is 0 Å². The summed E-state index contributed by atoms with van der Waals surface area (Å²) in [4.78, 5) is 11.9. The van der Waals surface area contributed by atoms with E-state index in [-0.39, 0.29) is 17.3 Å². The van der Waals surface area contributed by atoms with Gasteiger partial charge >= 0.3 is 5.97 Å². The zero-order valence-corrected chi connectivity index (χ0v) is 12.0. The average molecular weight is 277 g/mol. The molecule has 2 aliphatic rings. The van der Waals surface area contributed by atoms with Crippen molar-refractivity contribution in [2.75, 3.05) is 6.61 Å². The summed E-state index contributed by atoms with van der Waals surface area (Å²) in [5, 5.41) is 11.5. The summed E-state index contributed by atoms with van der Waals surface area (Å²) in [6.45, 7) is 6.15. The molecule has 2 rings (SSSR count). The Morgan fingerprint density at radius 1 is 1.55 bits per heavy atom. The molecular formula is C16H23NO3. The summed E-state index contributed by atoms with van der Waals surface area (Å²) >= 11 is 0. The molecular weight excluding hydrogens is 254 g/mol. The predicted molar refractivity (Wildman–Crippen MR) is 77.7 cm³/mol. The van der Waals surface area contributed by atoms with Crippen LogP contribution in [-0.4, -0.2) is 24.0 Å². The second-order valence-corrected chi connectivity index (χ2v) is 5.80. The van der Waals surface area contributed by atoms with E-state index in [2.05, 4.69) is 11.7 Å². The van der Waals surface area contributed by atoms with Gasteiger partial charge in [-0.05, 0) is 55.6 Å². The molecule has 110 valence electrons. The maximum Gasteiger partial charge on any atom is 0.309 e. The van der Waals surface area contributed by atoms with Crippen molar-refractivity contribution in [2.45, 2.75) is 39.0 Å². The number of ether oxygens (including phenoxy) is 1. The maximum atomic E-state index is 11.9. The Labute approximate surface area is 120 Å². The van der Waals surface area contributed by atoms with Crippen molar-refractivity contribution in [2.24, 2.45) is 22.4 Å². The summed E-state index contributed by atoms with van der Waals surface area (Å²) in [7, 11) is 0. The van der Waals surface area contributed by atoms with Crippen LogP contribution >= 0.6 is 0 Å². The largest absolute Gasteiger partial charge is 0.466 e. The SMILES string of the molecule is C=C/C(=C\C=N\O)C1CCCC2(C1)CC2C(=O)OCC. The van der Waals surface area contributed by atoms with E-state index in [1.165, 1.54) is 6.21 Å². The highest BCUT2D eigenvalue weighted by molar-refractivity contribution is 5.77. The summed E-state index contributed by atoms with van der Waals surface area (Å²) in [6.07, 6.45) is 10.3. The second-order valence-electron chi connectivity index (χ2n) is 5.80. The Kier molecular flexibility index (Phi) is 4.63. The Hall–Kier alpha value is -1.58. The maximum absolute atomic E-state index is 11.9. The molecule has 0 aromatic carbocycles. The predicted octanol–water partition coefficient (Wildman–Crippen LogP) is 3.32. The first-order valence-corrected chi connectivity index (χ1v) is 7.33. The third kappa shape index (κ3) is 2.94. The van der Waals surface area contributed by atoms with Crippen LogP contribution in [0.4, 0.5) is 0 Å². The Morgan fingerprint density at radius 2 is 2.35 bits per heavy atom. The molecule has 0 heterocycles. The lowest BCUT2D eigenvalue weighted by molar-refractivity contribution is -0.145. The van der Waals surface area contributed by atoms with Crippen molar-refractivity contribution in [3.05, 3.63) is 24.3 Å². The van der Waals surface area contributed by atoms with E-state index in [1.807, 2.05) is 13.0 Å². The van der Waals surface area contributed by atoms with Crippen molar-refractivity contribution >= 4 is 12.2 Å².